The van der Waals surface area contributed by atoms with Crippen LogP contribution in [0.2, 0.25) is 0 Å². The van der Waals surface area contributed by atoms with E-state index in [0.717, 1.165) is 23.9 Å². The summed E-state index contributed by atoms with van der Waals surface area (Å²) < 4.78 is 6.04. The van der Waals surface area contributed by atoms with E-state index >= 15 is 0 Å². The number of aromatic nitrogens is 1. The highest BCUT2D eigenvalue weighted by Gasteiger charge is 2.20. The van der Waals surface area contributed by atoms with Gasteiger partial charge in [0, 0.05) is 18.8 Å². The van der Waals surface area contributed by atoms with Gasteiger partial charge in [-0.05, 0) is 38.3 Å². The molecule has 0 aliphatic heterocycles. The van der Waals surface area contributed by atoms with E-state index in [9.17, 15) is 0 Å². The molecule has 2 atom stereocenters. The van der Waals surface area contributed by atoms with Crippen molar-refractivity contribution >= 4 is 0 Å². The summed E-state index contributed by atoms with van der Waals surface area (Å²) in [5.74, 6) is 1.76. The van der Waals surface area contributed by atoms with Crippen LogP contribution in [0.15, 0.2) is 18.3 Å². The van der Waals surface area contributed by atoms with Crippen LogP contribution in [0.1, 0.15) is 38.3 Å². The van der Waals surface area contributed by atoms with Crippen molar-refractivity contribution < 1.29 is 4.74 Å². The fraction of sp³-hybridized carbons (Fsp3) is 0.643. The minimum Gasteiger partial charge on any atom is -0.490 e. The molecule has 0 saturated heterocycles. The van der Waals surface area contributed by atoms with Crippen LogP contribution in [0, 0.1) is 5.92 Å². The third-order valence-electron chi connectivity index (χ3n) is 3.34. The van der Waals surface area contributed by atoms with Gasteiger partial charge in [-0.1, -0.05) is 13.3 Å². The summed E-state index contributed by atoms with van der Waals surface area (Å²) in [5.41, 5.74) is 1.04. The van der Waals surface area contributed by atoms with Gasteiger partial charge >= 0.3 is 0 Å². The number of nitrogens with zero attached hydrogens (tertiary/aromatic N) is 1. The van der Waals surface area contributed by atoms with E-state index in [1.807, 2.05) is 25.4 Å². The van der Waals surface area contributed by atoms with Crippen LogP contribution in [0.25, 0.3) is 0 Å². The molecule has 1 fully saturated rings. The van der Waals surface area contributed by atoms with Crippen LogP contribution in [-0.4, -0.2) is 18.1 Å². The van der Waals surface area contributed by atoms with Crippen LogP contribution >= 0.6 is 0 Å². The maximum absolute atomic E-state index is 6.04. The molecule has 3 heteroatoms. The number of hydrogen-bond acceptors (Lipinski definition) is 3. The molecule has 1 aliphatic rings. The Labute approximate surface area is 104 Å². The second-order valence-electron chi connectivity index (χ2n) is 5.02. The highest BCUT2D eigenvalue weighted by Crippen LogP contribution is 2.27. The van der Waals surface area contributed by atoms with Crippen LogP contribution in [0.5, 0.6) is 5.75 Å². The van der Waals surface area contributed by atoms with Crippen molar-refractivity contribution in [3.63, 3.8) is 0 Å². The molecular weight excluding hydrogens is 212 g/mol. The molecule has 1 aliphatic carbocycles. The fourth-order valence-electron chi connectivity index (χ4n) is 2.49. The van der Waals surface area contributed by atoms with Crippen molar-refractivity contribution in [2.24, 2.45) is 5.92 Å². The van der Waals surface area contributed by atoms with E-state index in [1.54, 1.807) is 0 Å². The Bertz CT molecular complexity index is 354. The van der Waals surface area contributed by atoms with Gasteiger partial charge in [-0.15, -0.1) is 0 Å². The van der Waals surface area contributed by atoms with E-state index < -0.39 is 0 Å². The molecule has 1 aromatic heterocycles. The minimum atomic E-state index is 0.392. The van der Waals surface area contributed by atoms with Gasteiger partial charge in [0.1, 0.15) is 5.75 Å². The summed E-state index contributed by atoms with van der Waals surface area (Å²) in [6, 6.07) is 3.99. The van der Waals surface area contributed by atoms with Gasteiger partial charge in [0.2, 0.25) is 0 Å². The molecule has 0 radical (unpaired) electrons. The first kappa shape index (κ1) is 12.4. The van der Waals surface area contributed by atoms with Crippen LogP contribution in [0.4, 0.5) is 0 Å². The standard InChI is InChI=1S/C14H22N2O/c1-11-4-3-5-13(8-11)17-14-6-7-16-12(9-14)10-15-2/h6-7,9,11,13,15H,3-5,8,10H2,1-2H3. The Hall–Kier alpha value is -1.09. The molecule has 2 unspecified atom stereocenters. The first-order valence-corrected chi connectivity index (χ1v) is 6.54. The van der Waals surface area contributed by atoms with E-state index in [2.05, 4.69) is 17.2 Å². The summed E-state index contributed by atoms with van der Waals surface area (Å²) >= 11 is 0. The zero-order chi connectivity index (χ0) is 12.1. The SMILES string of the molecule is CNCc1cc(OC2CCCC(C)C2)ccn1. The molecule has 17 heavy (non-hydrogen) atoms. The number of hydrogen-bond donors (Lipinski definition) is 1. The summed E-state index contributed by atoms with van der Waals surface area (Å²) in [5, 5.41) is 3.10. The topological polar surface area (TPSA) is 34.1 Å². The van der Waals surface area contributed by atoms with Gasteiger partial charge in [-0.25, -0.2) is 0 Å². The van der Waals surface area contributed by atoms with Crippen molar-refractivity contribution in [1.82, 2.24) is 10.3 Å². The van der Waals surface area contributed by atoms with Crippen molar-refractivity contribution in [2.75, 3.05) is 7.05 Å². The smallest absolute Gasteiger partial charge is 0.123 e. The molecule has 0 spiro atoms. The highest BCUT2D eigenvalue weighted by molar-refractivity contribution is 5.22. The maximum atomic E-state index is 6.04. The van der Waals surface area contributed by atoms with Gasteiger partial charge in [0.15, 0.2) is 0 Å². The van der Waals surface area contributed by atoms with Crippen molar-refractivity contribution in [3.05, 3.63) is 24.0 Å². The number of ether oxygens (including phenoxy) is 1. The molecule has 2 rings (SSSR count). The summed E-state index contributed by atoms with van der Waals surface area (Å²) in [7, 11) is 1.93. The lowest BCUT2D eigenvalue weighted by Crippen LogP contribution is -2.24. The Morgan fingerprint density at radius 1 is 1.47 bits per heavy atom. The molecule has 1 heterocycles. The Morgan fingerprint density at radius 2 is 2.35 bits per heavy atom. The molecule has 0 aromatic carbocycles. The van der Waals surface area contributed by atoms with Crippen molar-refractivity contribution in [2.45, 2.75) is 45.3 Å². The lowest BCUT2D eigenvalue weighted by molar-refractivity contribution is 0.129. The van der Waals surface area contributed by atoms with E-state index in [0.29, 0.717) is 6.10 Å². The van der Waals surface area contributed by atoms with Crippen LogP contribution in [0.3, 0.4) is 0 Å². The van der Waals surface area contributed by atoms with Gasteiger partial charge in [0.05, 0.1) is 11.8 Å². The minimum absolute atomic E-state index is 0.392. The van der Waals surface area contributed by atoms with Gasteiger partial charge in [-0.3, -0.25) is 4.98 Å². The van der Waals surface area contributed by atoms with Gasteiger partial charge in [-0.2, -0.15) is 0 Å². The van der Waals surface area contributed by atoms with Gasteiger partial charge < -0.3 is 10.1 Å². The number of pyridine rings is 1. The lowest BCUT2D eigenvalue weighted by atomic mass is 9.89. The summed E-state index contributed by atoms with van der Waals surface area (Å²) in [4.78, 5) is 4.29. The summed E-state index contributed by atoms with van der Waals surface area (Å²) in [6.07, 6.45) is 7.23. The van der Waals surface area contributed by atoms with E-state index in [1.165, 1.54) is 25.7 Å². The molecule has 0 bridgehead atoms. The zero-order valence-electron chi connectivity index (χ0n) is 10.8. The molecule has 0 amide bonds. The predicted octanol–water partition coefficient (Wildman–Crippen LogP) is 2.76. The normalized spacial score (nSPS) is 24.6. The second-order valence-corrected chi connectivity index (χ2v) is 5.02. The Kier molecular flexibility index (Phi) is 4.37. The number of nitrogens with one attached hydrogen (secondary N) is 1. The largest absolute Gasteiger partial charge is 0.490 e. The maximum Gasteiger partial charge on any atom is 0.123 e. The second kappa shape index (κ2) is 6.01. The monoisotopic (exact) mass is 234 g/mol. The van der Waals surface area contributed by atoms with Crippen molar-refractivity contribution in [3.8, 4) is 5.75 Å². The average Bonchev–Trinajstić information content (AvgIpc) is 2.30. The molecule has 1 aromatic rings. The average molecular weight is 234 g/mol. The third-order valence-corrected chi connectivity index (χ3v) is 3.34. The zero-order valence-corrected chi connectivity index (χ0v) is 10.8. The molecule has 94 valence electrons. The van der Waals surface area contributed by atoms with E-state index in [4.69, 9.17) is 4.74 Å². The first-order valence-electron chi connectivity index (χ1n) is 6.54. The molecule has 1 saturated carbocycles. The lowest BCUT2D eigenvalue weighted by Gasteiger charge is -2.27. The molecule has 1 N–H and O–H groups in total. The fourth-order valence-corrected chi connectivity index (χ4v) is 2.49. The molecular formula is C14H22N2O. The summed E-state index contributed by atoms with van der Waals surface area (Å²) in [6.45, 7) is 3.10. The Morgan fingerprint density at radius 3 is 3.12 bits per heavy atom. The first-order chi connectivity index (χ1) is 8.28. The third kappa shape index (κ3) is 3.70. The highest BCUT2D eigenvalue weighted by atomic mass is 16.5. The number of rotatable bonds is 4. The van der Waals surface area contributed by atoms with E-state index in [-0.39, 0.29) is 0 Å². The molecule has 3 nitrogen and oxygen atoms in total. The quantitative estimate of drug-likeness (QED) is 0.870. The predicted molar refractivity (Wildman–Crippen MR) is 69.0 cm³/mol. The van der Waals surface area contributed by atoms with Crippen LogP contribution in [-0.2, 0) is 6.54 Å². The Balaban J connectivity index is 1.95. The van der Waals surface area contributed by atoms with Crippen LogP contribution < -0.4 is 10.1 Å². The van der Waals surface area contributed by atoms with Crippen molar-refractivity contribution in [1.29, 1.82) is 0 Å². The van der Waals surface area contributed by atoms with Gasteiger partial charge in [0.25, 0.3) is 0 Å².